The van der Waals surface area contributed by atoms with E-state index in [1.165, 1.54) is 0 Å². The minimum atomic E-state index is 0.218. The number of nitrogens with two attached hydrogens (primary N) is 1. The number of imidazole rings is 1. The van der Waals surface area contributed by atoms with Crippen molar-refractivity contribution >= 4 is 22.6 Å². The number of allylic oxidation sites excluding steroid dienone is 1. The molecule has 0 unspecified atom stereocenters. The number of hydrogen-bond donors (Lipinski definition) is 1. The summed E-state index contributed by atoms with van der Waals surface area (Å²) in [7, 11) is 0. The summed E-state index contributed by atoms with van der Waals surface area (Å²) >= 11 is 0. The van der Waals surface area contributed by atoms with Crippen LogP contribution in [0.2, 0.25) is 0 Å². The summed E-state index contributed by atoms with van der Waals surface area (Å²) in [6.45, 7) is 4.15. The first-order valence-corrected chi connectivity index (χ1v) is 7.55. The smallest absolute Gasteiger partial charge is 0.201 e. The van der Waals surface area contributed by atoms with Crippen LogP contribution in [-0.2, 0) is 0 Å². The second-order valence-corrected chi connectivity index (χ2v) is 5.69. The molecule has 0 radical (unpaired) electrons. The Balaban J connectivity index is 2.21. The lowest BCUT2D eigenvalue weighted by molar-refractivity contribution is 0.627. The zero-order valence-corrected chi connectivity index (χ0v) is 13.2. The summed E-state index contributed by atoms with van der Waals surface area (Å²) in [5, 5.41) is 9.16. The van der Waals surface area contributed by atoms with E-state index in [2.05, 4.69) is 31.0 Å². The number of anilines is 1. The molecule has 0 bridgehead atoms. The quantitative estimate of drug-likeness (QED) is 0.739. The van der Waals surface area contributed by atoms with Crippen LogP contribution < -0.4 is 5.73 Å². The van der Waals surface area contributed by atoms with E-state index in [1.807, 2.05) is 47.0 Å². The second-order valence-electron chi connectivity index (χ2n) is 5.69. The average molecular weight is 302 g/mol. The van der Waals surface area contributed by atoms with Gasteiger partial charge in [-0.2, -0.15) is 5.26 Å². The normalized spacial score (nSPS) is 11.8. The SMILES string of the molecule is CC(C)n1c(N)nc2ccc(C(=CC#N)c3ccccc3)cc21. The Labute approximate surface area is 135 Å². The lowest BCUT2D eigenvalue weighted by atomic mass is 9.97. The Morgan fingerprint density at radius 3 is 2.57 bits per heavy atom. The van der Waals surface area contributed by atoms with Crippen molar-refractivity contribution in [1.29, 1.82) is 5.26 Å². The van der Waals surface area contributed by atoms with Crippen molar-refractivity contribution < 1.29 is 0 Å². The van der Waals surface area contributed by atoms with Crippen molar-refractivity contribution in [2.24, 2.45) is 0 Å². The maximum absolute atomic E-state index is 9.16. The largest absolute Gasteiger partial charge is 0.369 e. The van der Waals surface area contributed by atoms with E-state index >= 15 is 0 Å². The lowest BCUT2D eigenvalue weighted by Crippen LogP contribution is -2.05. The van der Waals surface area contributed by atoms with Crippen LogP contribution in [0.15, 0.2) is 54.6 Å². The summed E-state index contributed by atoms with van der Waals surface area (Å²) < 4.78 is 2.01. The number of fused-ring (bicyclic) bond motifs is 1. The minimum absolute atomic E-state index is 0.218. The van der Waals surface area contributed by atoms with E-state index in [-0.39, 0.29) is 6.04 Å². The van der Waals surface area contributed by atoms with E-state index in [4.69, 9.17) is 11.0 Å². The van der Waals surface area contributed by atoms with Crippen LogP contribution in [0.3, 0.4) is 0 Å². The molecule has 4 nitrogen and oxygen atoms in total. The summed E-state index contributed by atoms with van der Waals surface area (Å²) in [5.41, 5.74) is 10.8. The number of hydrogen-bond acceptors (Lipinski definition) is 3. The van der Waals surface area contributed by atoms with Crippen molar-refractivity contribution in [3.63, 3.8) is 0 Å². The van der Waals surface area contributed by atoms with Crippen LogP contribution in [0.1, 0.15) is 31.0 Å². The maximum Gasteiger partial charge on any atom is 0.201 e. The van der Waals surface area contributed by atoms with Gasteiger partial charge in [0, 0.05) is 12.1 Å². The first-order valence-electron chi connectivity index (χ1n) is 7.55. The van der Waals surface area contributed by atoms with Crippen molar-refractivity contribution in [3.05, 3.63) is 65.7 Å². The summed E-state index contributed by atoms with van der Waals surface area (Å²) in [6.07, 6.45) is 1.58. The molecule has 0 saturated heterocycles. The maximum atomic E-state index is 9.16. The van der Waals surface area contributed by atoms with E-state index in [0.717, 1.165) is 27.7 Å². The third kappa shape index (κ3) is 2.69. The summed E-state index contributed by atoms with van der Waals surface area (Å²) in [6, 6.07) is 18.3. The number of nitriles is 1. The Morgan fingerprint density at radius 1 is 1.17 bits per heavy atom. The van der Waals surface area contributed by atoms with Gasteiger partial charge < -0.3 is 10.3 Å². The Hall–Kier alpha value is -3.06. The molecule has 0 aliphatic rings. The third-order valence-corrected chi connectivity index (χ3v) is 3.84. The van der Waals surface area contributed by atoms with Gasteiger partial charge in [-0.25, -0.2) is 4.98 Å². The topological polar surface area (TPSA) is 67.6 Å². The number of benzene rings is 2. The molecule has 2 N–H and O–H groups in total. The van der Waals surface area contributed by atoms with Gasteiger partial charge in [0.1, 0.15) is 0 Å². The van der Waals surface area contributed by atoms with Crippen LogP contribution in [0.5, 0.6) is 0 Å². The molecule has 114 valence electrons. The summed E-state index contributed by atoms with van der Waals surface area (Å²) in [4.78, 5) is 4.41. The van der Waals surface area contributed by atoms with Crippen molar-refractivity contribution in [1.82, 2.24) is 9.55 Å². The van der Waals surface area contributed by atoms with Crippen LogP contribution in [0, 0.1) is 11.3 Å². The van der Waals surface area contributed by atoms with E-state index < -0.39 is 0 Å². The molecule has 0 atom stereocenters. The fraction of sp³-hybridized carbons (Fsp3) is 0.158. The molecule has 3 aromatic rings. The van der Waals surface area contributed by atoms with Gasteiger partial charge in [0.2, 0.25) is 5.95 Å². The molecule has 0 fully saturated rings. The van der Waals surface area contributed by atoms with Gasteiger partial charge >= 0.3 is 0 Å². The molecule has 1 heterocycles. The monoisotopic (exact) mass is 302 g/mol. The molecule has 3 rings (SSSR count). The van der Waals surface area contributed by atoms with Crippen LogP contribution in [0.25, 0.3) is 16.6 Å². The molecular formula is C19H18N4. The van der Waals surface area contributed by atoms with Gasteiger partial charge in [0.25, 0.3) is 0 Å². The molecule has 0 aliphatic heterocycles. The van der Waals surface area contributed by atoms with E-state index in [0.29, 0.717) is 5.95 Å². The van der Waals surface area contributed by atoms with Crippen molar-refractivity contribution in [2.45, 2.75) is 19.9 Å². The van der Waals surface area contributed by atoms with Gasteiger partial charge in [-0.1, -0.05) is 36.4 Å². The standard InChI is InChI=1S/C19H18N4/c1-13(2)23-18-12-15(8-9-17(18)22-19(23)21)16(10-11-20)14-6-4-3-5-7-14/h3-10,12-13H,1-2H3,(H2,21,22). The van der Waals surface area contributed by atoms with Crippen LogP contribution in [-0.4, -0.2) is 9.55 Å². The highest BCUT2D eigenvalue weighted by Gasteiger charge is 2.13. The minimum Gasteiger partial charge on any atom is -0.369 e. The lowest BCUT2D eigenvalue weighted by Gasteiger charge is -2.12. The Morgan fingerprint density at radius 2 is 1.91 bits per heavy atom. The van der Waals surface area contributed by atoms with Crippen LogP contribution >= 0.6 is 0 Å². The zero-order chi connectivity index (χ0) is 16.4. The van der Waals surface area contributed by atoms with Gasteiger partial charge in [0.15, 0.2) is 0 Å². The first-order chi connectivity index (χ1) is 11.1. The molecule has 0 saturated carbocycles. The highest BCUT2D eigenvalue weighted by molar-refractivity contribution is 5.88. The molecular weight excluding hydrogens is 284 g/mol. The van der Waals surface area contributed by atoms with Crippen molar-refractivity contribution in [2.75, 3.05) is 5.73 Å². The molecule has 23 heavy (non-hydrogen) atoms. The predicted octanol–water partition coefficient (Wildman–Crippen LogP) is 4.15. The van der Waals surface area contributed by atoms with Crippen LogP contribution in [0.4, 0.5) is 5.95 Å². The van der Waals surface area contributed by atoms with E-state index in [9.17, 15) is 0 Å². The number of nitrogen functional groups attached to an aromatic ring is 1. The zero-order valence-electron chi connectivity index (χ0n) is 13.2. The first kappa shape index (κ1) is 14.9. The number of nitrogens with zero attached hydrogens (tertiary/aromatic N) is 3. The Kier molecular flexibility index (Phi) is 3.86. The van der Waals surface area contributed by atoms with Gasteiger partial charge in [-0.15, -0.1) is 0 Å². The third-order valence-electron chi connectivity index (χ3n) is 3.84. The fourth-order valence-corrected chi connectivity index (χ4v) is 2.84. The highest BCUT2D eigenvalue weighted by atomic mass is 15.2. The summed E-state index contributed by atoms with van der Waals surface area (Å²) in [5.74, 6) is 0.512. The Bertz CT molecular complexity index is 912. The second kappa shape index (κ2) is 5.98. The molecule has 0 spiro atoms. The van der Waals surface area contributed by atoms with Crippen molar-refractivity contribution in [3.8, 4) is 6.07 Å². The molecule has 1 aromatic heterocycles. The molecule has 4 heteroatoms. The molecule has 0 aliphatic carbocycles. The number of aromatic nitrogens is 2. The van der Waals surface area contributed by atoms with E-state index in [1.54, 1.807) is 6.08 Å². The highest BCUT2D eigenvalue weighted by Crippen LogP contribution is 2.29. The molecule has 0 amide bonds. The molecule has 2 aromatic carbocycles. The van der Waals surface area contributed by atoms with Gasteiger partial charge in [-0.3, -0.25) is 0 Å². The van der Waals surface area contributed by atoms with Gasteiger partial charge in [0.05, 0.1) is 17.1 Å². The average Bonchev–Trinajstić information content (AvgIpc) is 2.88. The predicted molar refractivity (Wildman–Crippen MR) is 93.7 cm³/mol. The fourth-order valence-electron chi connectivity index (χ4n) is 2.84. The van der Waals surface area contributed by atoms with Gasteiger partial charge in [-0.05, 0) is 42.7 Å². The number of rotatable bonds is 3.